The number of hydrogen-bond acceptors (Lipinski definition) is 5. The Hall–Kier alpha value is -3.36. The monoisotopic (exact) mass is 389 g/mol. The van der Waals surface area contributed by atoms with Gasteiger partial charge in [0, 0.05) is 17.3 Å². The minimum atomic E-state index is -4.47. The molecule has 1 N–H and O–H groups in total. The zero-order valence-corrected chi connectivity index (χ0v) is 14.6. The Morgan fingerprint density at radius 2 is 1.75 bits per heavy atom. The van der Waals surface area contributed by atoms with Gasteiger partial charge in [-0.2, -0.15) is 13.2 Å². The lowest BCUT2D eigenvalue weighted by molar-refractivity contribution is -0.140. The number of epoxide rings is 1. The number of halogens is 3. The van der Waals surface area contributed by atoms with Gasteiger partial charge in [0.15, 0.2) is 0 Å². The minimum absolute atomic E-state index is 0.0976. The normalized spacial score (nSPS) is 18.6. The molecule has 1 atom stereocenters. The third-order valence-corrected chi connectivity index (χ3v) is 4.29. The summed E-state index contributed by atoms with van der Waals surface area (Å²) in [6.45, 7) is 1.80. The zero-order valence-electron chi connectivity index (χ0n) is 14.6. The first-order valence-electron chi connectivity index (χ1n) is 8.30. The molecule has 0 aliphatic carbocycles. The molecule has 0 spiro atoms. The van der Waals surface area contributed by atoms with Crippen molar-refractivity contribution in [2.75, 3.05) is 6.61 Å². The number of ether oxygens (including phenoxy) is 2. The maximum Gasteiger partial charge on any atom is 0.432 e. The van der Waals surface area contributed by atoms with E-state index >= 15 is 0 Å². The Balaban J connectivity index is 1.45. The molecular weight excluding hydrogens is 375 g/mol. The predicted molar refractivity (Wildman–Crippen MR) is 92.2 cm³/mol. The number of rotatable bonds is 5. The van der Waals surface area contributed by atoms with Crippen molar-refractivity contribution < 1.29 is 27.4 Å². The molecule has 0 radical (unpaired) electrons. The van der Waals surface area contributed by atoms with Crippen molar-refractivity contribution >= 4 is 5.97 Å². The highest BCUT2D eigenvalue weighted by Crippen LogP contribution is 2.31. The summed E-state index contributed by atoms with van der Waals surface area (Å²) in [7, 11) is 0. The van der Waals surface area contributed by atoms with E-state index in [1.54, 1.807) is 43.3 Å². The fourth-order valence-corrected chi connectivity index (χ4v) is 2.53. The average molecular weight is 389 g/mol. The number of hydrogen-bond donors (Lipinski definition) is 1. The number of H-pyrrole nitrogens is 1. The van der Waals surface area contributed by atoms with Gasteiger partial charge in [0.1, 0.15) is 23.9 Å². The number of cyclic esters (lactones) is 1. The second-order valence-corrected chi connectivity index (χ2v) is 6.51. The maximum absolute atomic E-state index is 12.7. The standard InChI is InChI=1S/C19H14F3N3O3/c1-18(17(26)28-18)10-27-13-5-2-11(3-6-13)14-7-4-12(8-23-14)16-24-9-15(25-16)19(20,21)22/h2-9H,10H2,1H3,(H,24,25). The third kappa shape index (κ3) is 3.55. The number of alkyl halides is 3. The maximum atomic E-state index is 12.7. The second-order valence-electron chi connectivity index (χ2n) is 6.51. The van der Waals surface area contributed by atoms with Crippen molar-refractivity contribution in [3.8, 4) is 28.4 Å². The van der Waals surface area contributed by atoms with Crippen molar-refractivity contribution in [2.45, 2.75) is 18.7 Å². The fraction of sp³-hybridized carbons (Fsp3) is 0.211. The van der Waals surface area contributed by atoms with Gasteiger partial charge >= 0.3 is 12.1 Å². The number of nitrogens with one attached hydrogen (secondary N) is 1. The molecule has 3 aromatic rings. The summed E-state index contributed by atoms with van der Waals surface area (Å²) in [6, 6.07) is 10.4. The summed E-state index contributed by atoms with van der Waals surface area (Å²) in [4.78, 5) is 21.4. The van der Waals surface area contributed by atoms with E-state index in [9.17, 15) is 18.0 Å². The summed E-state index contributed by atoms with van der Waals surface area (Å²) >= 11 is 0. The van der Waals surface area contributed by atoms with Gasteiger partial charge in [-0.1, -0.05) is 0 Å². The summed E-state index contributed by atoms with van der Waals surface area (Å²) in [5, 5.41) is 0. The third-order valence-electron chi connectivity index (χ3n) is 4.29. The van der Waals surface area contributed by atoms with Crippen molar-refractivity contribution in [3.63, 3.8) is 0 Å². The number of carbonyl (C=O) groups excluding carboxylic acids is 1. The van der Waals surface area contributed by atoms with Crippen LogP contribution in [-0.2, 0) is 15.7 Å². The first kappa shape index (κ1) is 18.0. The van der Waals surface area contributed by atoms with Crippen molar-refractivity contribution in [2.24, 2.45) is 0 Å². The minimum Gasteiger partial charge on any atom is -0.489 e. The number of benzene rings is 1. The number of aromatic nitrogens is 3. The van der Waals surface area contributed by atoms with E-state index in [1.165, 1.54) is 6.20 Å². The molecule has 1 aliphatic rings. The largest absolute Gasteiger partial charge is 0.489 e. The van der Waals surface area contributed by atoms with Crippen LogP contribution < -0.4 is 4.74 Å². The molecular formula is C19H14F3N3O3. The van der Waals surface area contributed by atoms with Gasteiger partial charge in [0.2, 0.25) is 5.60 Å². The molecule has 2 aromatic heterocycles. The molecule has 4 rings (SSSR count). The van der Waals surface area contributed by atoms with Gasteiger partial charge in [0.05, 0.1) is 11.9 Å². The molecule has 0 saturated carbocycles. The smallest absolute Gasteiger partial charge is 0.432 e. The zero-order chi connectivity index (χ0) is 19.9. The molecule has 1 fully saturated rings. The molecule has 0 amide bonds. The average Bonchev–Trinajstić information content (AvgIpc) is 3.07. The Morgan fingerprint density at radius 3 is 2.29 bits per heavy atom. The Bertz CT molecular complexity index is 1010. The Morgan fingerprint density at radius 1 is 1.07 bits per heavy atom. The summed E-state index contributed by atoms with van der Waals surface area (Å²) in [5.74, 6) is 0.396. The van der Waals surface area contributed by atoms with Gasteiger partial charge in [0.25, 0.3) is 0 Å². The molecule has 1 saturated heterocycles. The lowest BCUT2D eigenvalue weighted by Gasteiger charge is -2.08. The van der Waals surface area contributed by atoms with Crippen LogP contribution in [0.5, 0.6) is 5.75 Å². The SMILES string of the molecule is CC1(COc2ccc(-c3ccc(-c4ncc(C(F)(F)F)[nH]4)cn3)cc2)OC1=O. The van der Waals surface area contributed by atoms with Gasteiger partial charge in [-0.3, -0.25) is 4.98 Å². The van der Waals surface area contributed by atoms with Crippen LogP contribution >= 0.6 is 0 Å². The predicted octanol–water partition coefficient (Wildman–Crippen LogP) is 3.85. The summed E-state index contributed by atoms with van der Waals surface area (Å²) in [6.07, 6.45) is -2.27. The van der Waals surface area contributed by atoms with E-state index in [-0.39, 0.29) is 18.4 Å². The van der Waals surface area contributed by atoms with Gasteiger partial charge < -0.3 is 14.5 Å². The lowest BCUT2D eigenvalue weighted by atomic mass is 10.1. The van der Waals surface area contributed by atoms with Crippen LogP contribution in [0.1, 0.15) is 12.6 Å². The number of pyridine rings is 1. The molecule has 28 heavy (non-hydrogen) atoms. The molecule has 1 aliphatic heterocycles. The van der Waals surface area contributed by atoms with E-state index in [4.69, 9.17) is 9.47 Å². The van der Waals surface area contributed by atoms with Crippen LogP contribution in [0.25, 0.3) is 22.6 Å². The number of carbonyl (C=O) groups is 1. The highest BCUT2D eigenvalue weighted by atomic mass is 19.4. The van der Waals surface area contributed by atoms with E-state index < -0.39 is 17.5 Å². The first-order valence-corrected chi connectivity index (χ1v) is 8.30. The first-order chi connectivity index (χ1) is 13.2. The van der Waals surface area contributed by atoms with Crippen LogP contribution in [0, 0.1) is 0 Å². The van der Waals surface area contributed by atoms with E-state index in [0.717, 1.165) is 11.8 Å². The van der Waals surface area contributed by atoms with Crippen LogP contribution in [0.2, 0.25) is 0 Å². The molecule has 6 nitrogen and oxygen atoms in total. The molecule has 1 unspecified atom stereocenters. The molecule has 0 bridgehead atoms. The molecule has 3 heterocycles. The fourth-order valence-electron chi connectivity index (χ4n) is 2.53. The van der Waals surface area contributed by atoms with Crippen molar-refractivity contribution in [1.82, 2.24) is 15.0 Å². The van der Waals surface area contributed by atoms with E-state index in [2.05, 4.69) is 15.0 Å². The Kier molecular flexibility index (Phi) is 4.10. The van der Waals surface area contributed by atoms with Gasteiger partial charge in [-0.25, -0.2) is 9.78 Å². The molecule has 9 heteroatoms. The highest BCUT2D eigenvalue weighted by Gasteiger charge is 2.54. The Labute approximate surface area is 157 Å². The van der Waals surface area contributed by atoms with Crippen LogP contribution in [0.3, 0.4) is 0 Å². The highest BCUT2D eigenvalue weighted by molar-refractivity contribution is 5.92. The van der Waals surface area contributed by atoms with Gasteiger partial charge in [-0.05, 0) is 43.3 Å². The lowest BCUT2D eigenvalue weighted by Crippen LogP contribution is -2.18. The second kappa shape index (κ2) is 6.36. The van der Waals surface area contributed by atoms with Crippen molar-refractivity contribution in [3.05, 3.63) is 54.5 Å². The van der Waals surface area contributed by atoms with Crippen LogP contribution in [-0.4, -0.2) is 33.1 Å². The van der Waals surface area contributed by atoms with Crippen LogP contribution in [0.15, 0.2) is 48.8 Å². The summed E-state index contributed by atoms with van der Waals surface area (Å²) < 4.78 is 48.3. The number of nitrogens with zero attached hydrogens (tertiary/aromatic N) is 2. The van der Waals surface area contributed by atoms with Gasteiger partial charge in [-0.15, -0.1) is 0 Å². The molecule has 144 valence electrons. The van der Waals surface area contributed by atoms with Crippen LogP contribution in [0.4, 0.5) is 13.2 Å². The quantitative estimate of drug-likeness (QED) is 0.671. The molecule has 1 aromatic carbocycles. The van der Waals surface area contributed by atoms with E-state index in [1.807, 2.05) is 0 Å². The topological polar surface area (TPSA) is 80.4 Å². The van der Waals surface area contributed by atoms with Crippen molar-refractivity contribution in [1.29, 1.82) is 0 Å². The summed E-state index contributed by atoms with van der Waals surface area (Å²) in [5.41, 5.74) is 0.133. The number of imidazole rings is 1. The number of aromatic amines is 1. The van der Waals surface area contributed by atoms with E-state index in [0.29, 0.717) is 17.0 Å².